The third-order valence-corrected chi connectivity index (χ3v) is 5.66. The van der Waals surface area contributed by atoms with Crippen LogP contribution in [0.4, 0.5) is 0 Å². The number of hydrogen-bond acceptors (Lipinski definition) is 4. The van der Waals surface area contributed by atoms with E-state index in [-0.39, 0.29) is 11.9 Å². The molecule has 2 aromatic rings. The Morgan fingerprint density at radius 1 is 1.22 bits per heavy atom. The summed E-state index contributed by atoms with van der Waals surface area (Å²) in [4.78, 5) is 14.2. The number of aromatic nitrogens is 2. The van der Waals surface area contributed by atoms with Gasteiger partial charge in [0.25, 0.3) is 0 Å². The quantitative estimate of drug-likeness (QED) is 0.545. The van der Waals surface area contributed by atoms with Crippen molar-refractivity contribution < 1.29 is 9.53 Å². The lowest BCUT2D eigenvalue weighted by atomic mass is 9.97. The molecule has 2 heterocycles. The highest BCUT2D eigenvalue weighted by Gasteiger charge is 2.26. The number of likely N-dealkylation sites (tertiary alicyclic amines) is 1. The number of rotatable bonds is 6. The fraction of sp³-hybridized carbons (Fsp3) is 0.524. The number of esters is 1. The van der Waals surface area contributed by atoms with Crippen molar-refractivity contribution in [1.82, 2.24) is 14.0 Å². The van der Waals surface area contributed by atoms with Crippen LogP contribution < -0.4 is 0 Å². The maximum Gasteiger partial charge on any atom is 0.309 e. The van der Waals surface area contributed by atoms with Crippen LogP contribution in [0.15, 0.2) is 36.7 Å². The van der Waals surface area contributed by atoms with Gasteiger partial charge in [0.2, 0.25) is 0 Å². The first-order valence-electron chi connectivity index (χ1n) is 9.77. The van der Waals surface area contributed by atoms with Crippen molar-refractivity contribution in [3.8, 4) is 5.69 Å². The molecule has 0 bridgehead atoms. The van der Waals surface area contributed by atoms with Gasteiger partial charge in [0.05, 0.1) is 24.9 Å². The van der Waals surface area contributed by atoms with Crippen molar-refractivity contribution in [1.29, 1.82) is 0 Å². The lowest BCUT2D eigenvalue weighted by Crippen LogP contribution is -2.37. The summed E-state index contributed by atoms with van der Waals surface area (Å²) in [5.74, 6) is 0.426. The Balaban J connectivity index is 1.69. The number of imidazole rings is 1. The summed E-state index contributed by atoms with van der Waals surface area (Å²) in [6.45, 7) is 9.25. The summed E-state index contributed by atoms with van der Waals surface area (Å²) in [6.07, 6.45) is 5.80. The average molecular weight is 388 g/mol. The maximum absolute atomic E-state index is 11.9. The van der Waals surface area contributed by atoms with Crippen LogP contribution in [-0.4, -0.2) is 39.7 Å². The van der Waals surface area contributed by atoms with Gasteiger partial charge < -0.3 is 9.30 Å². The molecule has 1 aromatic carbocycles. The molecule has 1 fully saturated rings. The molecule has 0 N–H and O–H groups in total. The molecule has 27 heavy (non-hydrogen) atoms. The van der Waals surface area contributed by atoms with E-state index in [4.69, 9.17) is 17.0 Å². The molecule has 5 nitrogen and oxygen atoms in total. The number of nitrogens with zero attached hydrogens (tertiary/aromatic N) is 3. The molecule has 3 rings (SSSR count). The third-order valence-electron chi connectivity index (χ3n) is 5.23. The van der Waals surface area contributed by atoms with Gasteiger partial charge >= 0.3 is 5.97 Å². The van der Waals surface area contributed by atoms with Gasteiger partial charge in [-0.25, -0.2) is 0 Å². The summed E-state index contributed by atoms with van der Waals surface area (Å²) >= 11 is 5.75. The smallest absolute Gasteiger partial charge is 0.309 e. The van der Waals surface area contributed by atoms with E-state index in [9.17, 15) is 4.79 Å². The largest absolute Gasteiger partial charge is 0.466 e. The first-order chi connectivity index (χ1) is 13.0. The number of carbonyl (C=O) groups excluding carboxylic acids is 1. The van der Waals surface area contributed by atoms with Crippen molar-refractivity contribution in [2.45, 2.75) is 46.2 Å². The molecule has 0 spiro atoms. The van der Waals surface area contributed by atoms with Crippen molar-refractivity contribution >= 4 is 18.2 Å². The standard InChI is InChI=1S/C21H29N3O2S/c1-4-26-20(25)17-9-11-22(12-10-17)15-23-13-14-24(21(23)27)19-8-6-5-7-18(19)16(2)3/h5-8,13-14,16-17H,4,9-12,15H2,1-3H3. The predicted molar refractivity (Wildman–Crippen MR) is 110 cm³/mol. The van der Waals surface area contributed by atoms with Gasteiger partial charge in [0.15, 0.2) is 4.77 Å². The van der Waals surface area contributed by atoms with Gasteiger partial charge in [-0.15, -0.1) is 0 Å². The lowest BCUT2D eigenvalue weighted by molar-refractivity contribution is -0.149. The SMILES string of the molecule is CCOC(=O)C1CCN(Cn2ccn(-c3ccccc3C(C)C)c2=S)CC1. The van der Waals surface area contributed by atoms with Crippen LogP contribution in [0.2, 0.25) is 0 Å². The van der Waals surface area contributed by atoms with Crippen molar-refractivity contribution in [3.63, 3.8) is 0 Å². The molecule has 1 aliphatic rings. The Morgan fingerprint density at radius 3 is 2.59 bits per heavy atom. The highest BCUT2D eigenvalue weighted by molar-refractivity contribution is 7.71. The molecular formula is C21H29N3O2S. The van der Waals surface area contributed by atoms with Crippen LogP contribution in [0.25, 0.3) is 5.69 Å². The molecule has 146 valence electrons. The van der Waals surface area contributed by atoms with Crippen LogP contribution in [0.5, 0.6) is 0 Å². The van der Waals surface area contributed by atoms with E-state index in [1.54, 1.807) is 0 Å². The van der Waals surface area contributed by atoms with Crippen molar-refractivity contribution in [2.75, 3.05) is 19.7 Å². The second kappa shape index (κ2) is 8.85. The van der Waals surface area contributed by atoms with E-state index in [1.165, 1.54) is 5.56 Å². The monoisotopic (exact) mass is 387 g/mol. The summed E-state index contributed by atoms with van der Waals surface area (Å²) < 4.78 is 10.2. The molecule has 1 aromatic heterocycles. The number of carbonyl (C=O) groups is 1. The molecular weight excluding hydrogens is 358 g/mol. The van der Waals surface area contributed by atoms with Crippen LogP contribution in [0.1, 0.15) is 45.1 Å². The molecule has 0 saturated carbocycles. The minimum atomic E-state index is -0.0507. The molecule has 0 unspecified atom stereocenters. The zero-order valence-corrected chi connectivity index (χ0v) is 17.2. The predicted octanol–water partition coefficient (Wildman–Crippen LogP) is 4.36. The van der Waals surface area contributed by atoms with Gasteiger partial charge in [0, 0.05) is 25.5 Å². The van der Waals surface area contributed by atoms with E-state index in [0.29, 0.717) is 12.5 Å². The number of benzene rings is 1. The fourth-order valence-electron chi connectivity index (χ4n) is 3.68. The van der Waals surface area contributed by atoms with E-state index < -0.39 is 0 Å². The summed E-state index contributed by atoms with van der Waals surface area (Å²) in [6, 6.07) is 8.42. The normalized spacial score (nSPS) is 16.0. The lowest BCUT2D eigenvalue weighted by Gasteiger charge is -2.30. The zero-order valence-electron chi connectivity index (χ0n) is 16.4. The Hall–Kier alpha value is -1.92. The van der Waals surface area contributed by atoms with E-state index >= 15 is 0 Å². The molecule has 0 atom stereocenters. The first-order valence-corrected chi connectivity index (χ1v) is 10.2. The second-order valence-electron chi connectivity index (χ2n) is 7.42. The van der Waals surface area contributed by atoms with Crippen molar-refractivity contribution in [3.05, 3.63) is 47.0 Å². The molecule has 6 heteroatoms. The molecule has 0 amide bonds. The van der Waals surface area contributed by atoms with Crippen LogP contribution >= 0.6 is 12.2 Å². The number of piperidine rings is 1. The Labute approximate surface area is 166 Å². The Bertz CT molecular complexity index is 832. The molecule has 1 aliphatic heterocycles. The average Bonchev–Trinajstić information content (AvgIpc) is 3.03. The molecule has 0 radical (unpaired) electrons. The van der Waals surface area contributed by atoms with Gasteiger partial charge in [-0.3, -0.25) is 14.3 Å². The van der Waals surface area contributed by atoms with Crippen LogP contribution in [0, 0.1) is 10.7 Å². The Kier molecular flexibility index (Phi) is 6.50. The number of hydrogen-bond donors (Lipinski definition) is 0. The molecule has 0 aliphatic carbocycles. The van der Waals surface area contributed by atoms with E-state index in [1.807, 2.05) is 6.92 Å². The van der Waals surface area contributed by atoms with E-state index in [2.05, 4.69) is 64.5 Å². The topological polar surface area (TPSA) is 39.4 Å². The van der Waals surface area contributed by atoms with Crippen LogP contribution in [-0.2, 0) is 16.2 Å². The minimum Gasteiger partial charge on any atom is -0.466 e. The maximum atomic E-state index is 11.9. The minimum absolute atomic E-state index is 0.0386. The summed E-state index contributed by atoms with van der Waals surface area (Å²) in [5, 5.41) is 0. The van der Waals surface area contributed by atoms with Gasteiger partial charge in [-0.1, -0.05) is 32.0 Å². The summed E-state index contributed by atoms with van der Waals surface area (Å²) in [7, 11) is 0. The Morgan fingerprint density at radius 2 is 1.93 bits per heavy atom. The molecule has 1 saturated heterocycles. The highest BCUT2D eigenvalue weighted by Crippen LogP contribution is 2.24. The fourth-order valence-corrected chi connectivity index (χ4v) is 3.96. The summed E-state index contributed by atoms with van der Waals surface area (Å²) in [5.41, 5.74) is 2.44. The van der Waals surface area contributed by atoms with E-state index in [0.717, 1.165) is 43.1 Å². The third kappa shape index (κ3) is 4.50. The van der Waals surface area contributed by atoms with Gasteiger partial charge in [-0.05, 0) is 49.5 Å². The van der Waals surface area contributed by atoms with Gasteiger partial charge in [-0.2, -0.15) is 0 Å². The van der Waals surface area contributed by atoms with Gasteiger partial charge in [0.1, 0.15) is 0 Å². The first kappa shape index (κ1) is 19.8. The second-order valence-corrected chi connectivity index (χ2v) is 7.78. The number of para-hydroxylation sites is 1. The number of ether oxygens (including phenoxy) is 1. The van der Waals surface area contributed by atoms with Crippen molar-refractivity contribution in [2.24, 2.45) is 5.92 Å². The zero-order chi connectivity index (χ0) is 19.4. The van der Waals surface area contributed by atoms with Crippen LogP contribution in [0.3, 0.4) is 0 Å². The highest BCUT2D eigenvalue weighted by atomic mass is 32.1.